The molecular formula is C12H14ClNOS. The maximum absolute atomic E-state index is 11.6. The average molecular weight is 256 g/mol. The van der Waals surface area contributed by atoms with E-state index in [0.29, 0.717) is 17.1 Å². The number of carbonyl (C=O) groups excluding carboxylic acids is 1. The molecule has 86 valence electrons. The van der Waals surface area contributed by atoms with Crippen LogP contribution in [0.2, 0.25) is 5.02 Å². The predicted molar refractivity (Wildman–Crippen MR) is 68.6 cm³/mol. The summed E-state index contributed by atoms with van der Waals surface area (Å²) in [6, 6.07) is 5.58. The third-order valence-corrected chi connectivity index (χ3v) is 4.25. The Kier molecular flexibility index (Phi) is 3.90. The number of benzene rings is 1. The van der Waals surface area contributed by atoms with Crippen LogP contribution in [0.1, 0.15) is 23.2 Å². The summed E-state index contributed by atoms with van der Waals surface area (Å²) in [6.45, 7) is 0.353. The monoisotopic (exact) mass is 255 g/mol. The van der Waals surface area contributed by atoms with Gasteiger partial charge < -0.3 is 5.32 Å². The minimum absolute atomic E-state index is 0.0763. The molecule has 1 aliphatic rings. The van der Waals surface area contributed by atoms with Crippen molar-refractivity contribution in [2.75, 3.05) is 13.6 Å². The summed E-state index contributed by atoms with van der Waals surface area (Å²) < 4.78 is 0. The van der Waals surface area contributed by atoms with Gasteiger partial charge in [0.05, 0.1) is 11.6 Å². The van der Waals surface area contributed by atoms with Crippen LogP contribution >= 0.6 is 23.4 Å². The first-order valence-corrected chi connectivity index (χ1v) is 6.60. The van der Waals surface area contributed by atoms with Gasteiger partial charge in [0.2, 0.25) is 0 Å². The van der Waals surface area contributed by atoms with E-state index in [4.69, 9.17) is 11.6 Å². The van der Waals surface area contributed by atoms with Gasteiger partial charge in [0.15, 0.2) is 5.78 Å². The topological polar surface area (TPSA) is 29.1 Å². The minimum atomic E-state index is 0.0763. The van der Waals surface area contributed by atoms with Gasteiger partial charge in [-0.3, -0.25) is 4.79 Å². The Hall–Kier alpha value is -0.510. The number of carbonyl (C=O) groups is 1. The van der Waals surface area contributed by atoms with E-state index in [9.17, 15) is 4.79 Å². The van der Waals surface area contributed by atoms with Crippen LogP contribution in [0, 0.1) is 0 Å². The molecule has 16 heavy (non-hydrogen) atoms. The number of nitrogens with one attached hydrogen (secondary N) is 1. The molecule has 0 aromatic heterocycles. The van der Waals surface area contributed by atoms with E-state index in [-0.39, 0.29) is 5.78 Å². The van der Waals surface area contributed by atoms with Crippen molar-refractivity contribution < 1.29 is 4.79 Å². The van der Waals surface area contributed by atoms with Crippen molar-refractivity contribution in [3.63, 3.8) is 0 Å². The summed E-state index contributed by atoms with van der Waals surface area (Å²) in [4.78, 5) is 12.7. The van der Waals surface area contributed by atoms with Gasteiger partial charge in [-0.15, -0.1) is 11.8 Å². The molecule has 1 saturated carbocycles. The van der Waals surface area contributed by atoms with Gasteiger partial charge in [0.1, 0.15) is 0 Å². The van der Waals surface area contributed by atoms with E-state index in [2.05, 4.69) is 5.32 Å². The summed E-state index contributed by atoms with van der Waals surface area (Å²) in [7, 11) is 1.76. The SMILES string of the molecule is CNCC(=O)c1ccc(SC2CC2)c(Cl)c1. The number of hydrogen-bond acceptors (Lipinski definition) is 3. The number of hydrogen-bond donors (Lipinski definition) is 1. The molecule has 1 N–H and O–H groups in total. The first-order valence-electron chi connectivity index (χ1n) is 5.34. The summed E-state index contributed by atoms with van der Waals surface area (Å²) in [6.07, 6.45) is 2.56. The highest BCUT2D eigenvalue weighted by Crippen LogP contribution is 2.41. The number of likely N-dealkylation sites (N-methyl/N-ethyl adjacent to an activating group) is 1. The van der Waals surface area contributed by atoms with Crippen molar-refractivity contribution in [3.05, 3.63) is 28.8 Å². The quantitative estimate of drug-likeness (QED) is 0.821. The Bertz CT molecular complexity index is 404. The Morgan fingerprint density at radius 1 is 1.56 bits per heavy atom. The van der Waals surface area contributed by atoms with E-state index >= 15 is 0 Å². The smallest absolute Gasteiger partial charge is 0.176 e. The summed E-state index contributed by atoms with van der Waals surface area (Å²) in [5, 5.41) is 4.27. The number of ketones is 1. The first kappa shape index (κ1) is 12.0. The van der Waals surface area contributed by atoms with Crippen molar-refractivity contribution in [1.82, 2.24) is 5.32 Å². The summed E-state index contributed by atoms with van der Waals surface area (Å²) in [5.41, 5.74) is 0.680. The van der Waals surface area contributed by atoms with E-state index < -0.39 is 0 Å². The van der Waals surface area contributed by atoms with Gasteiger partial charge in [-0.05, 0) is 32.0 Å². The van der Waals surface area contributed by atoms with Gasteiger partial charge in [-0.1, -0.05) is 17.7 Å². The van der Waals surface area contributed by atoms with Gasteiger partial charge in [0.25, 0.3) is 0 Å². The Balaban J connectivity index is 2.11. The van der Waals surface area contributed by atoms with Crippen LogP contribution < -0.4 is 5.32 Å². The summed E-state index contributed by atoms with van der Waals surface area (Å²) in [5.74, 6) is 0.0763. The molecule has 0 aliphatic heterocycles. The van der Waals surface area contributed by atoms with Gasteiger partial charge in [-0.25, -0.2) is 0 Å². The first-order chi connectivity index (χ1) is 7.70. The van der Waals surface area contributed by atoms with Gasteiger partial charge in [0, 0.05) is 15.7 Å². The standard InChI is InChI=1S/C12H14ClNOS/c1-14-7-11(15)8-2-5-12(10(13)6-8)16-9-3-4-9/h2,5-6,9,14H,3-4,7H2,1H3. The zero-order chi connectivity index (χ0) is 11.5. The minimum Gasteiger partial charge on any atom is -0.313 e. The molecular weight excluding hydrogens is 242 g/mol. The maximum atomic E-state index is 11.6. The third-order valence-electron chi connectivity index (χ3n) is 2.41. The summed E-state index contributed by atoms with van der Waals surface area (Å²) >= 11 is 7.96. The van der Waals surface area contributed by atoms with Crippen LogP contribution in [0.4, 0.5) is 0 Å². The molecule has 0 saturated heterocycles. The van der Waals surface area contributed by atoms with Crippen LogP contribution in [0.3, 0.4) is 0 Å². The highest BCUT2D eigenvalue weighted by molar-refractivity contribution is 8.00. The molecule has 0 spiro atoms. The molecule has 2 nitrogen and oxygen atoms in total. The fraction of sp³-hybridized carbons (Fsp3) is 0.417. The Morgan fingerprint density at radius 3 is 2.88 bits per heavy atom. The molecule has 0 atom stereocenters. The van der Waals surface area contributed by atoms with Crippen LogP contribution in [0.25, 0.3) is 0 Å². The number of halogens is 1. The van der Waals surface area contributed by atoms with Crippen molar-refractivity contribution in [1.29, 1.82) is 0 Å². The van der Waals surface area contributed by atoms with E-state index in [1.807, 2.05) is 23.9 Å². The predicted octanol–water partition coefficient (Wildman–Crippen LogP) is 3.00. The lowest BCUT2D eigenvalue weighted by atomic mass is 10.1. The van der Waals surface area contributed by atoms with Crippen molar-refractivity contribution in [2.24, 2.45) is 0 Å². The molecule has 1 aromatic carbocycles. The molecule has 2 rings (SSSR count). The number of thioether (sulfide) groups is 1. The molecule has 0 heterocycles. The van der Waals surface area contributed by atoms with E-state index in [1.165, 1.54) is 12.8 Å². The maximum Gasteiger partial charge on any atom is 0.176 e. The molecule has 1 aliphatic carbocycles. The highest BCUT2D eigenvalue weighted by Gasteiger charge is 2.23. The lowest BCUT2D eigenvalue weighted by Gasteiger charge is -2.05. The highest BCUT2D eigenvalue weighted by atomic mass is 35.5. The van der Waals surface area contributed by atoms with Crippen LogP contribution in [0.15, 0.2) is 23.1 Å². The lowest BCUT2D eigenvalue weighted by Crippen LogP contribution is -2.18. The van der Waals surface area contributed by atoms with Crippen molar-refractivity contribution >= 4 is 29.1 Å². The molecule has 0 bridgehead atoms. The molecule has 0 unspecified atom stereocenters. The zero-order valence-corrected chi connectivity index (χ0v) is 10.7. The molecule has 0 amide bonds. The van der Waals surface area contributed by atoms with Crippen molar-refractivity contribution in [3.8, 4) is 0 Å². The number of rotatable bonds is 5. The largest absolute Gasteiger partial charge is 0.313 e. The fourth-order valence-corrected chi connectivity index (χ4v) is 2.76. The van der Waals surface area contributed by atoms with E-state index in [0.717, 1.165) is 10.1 Å². The second kappa shape index (κ2) is 5.21. The lowest BCUT2D eigenvalue weighted by molar-refractivity contribution is 0.0993. The zero-order valence-electron chi connectivity index (χ0n) is 9.13. The second-order valence-electron chi connectivity index (χ2n) is 3.92. The van der Waals surface area contributed by atoms with Gasteiger partial charge >= 0.3 is 0 Å². The number of Topliss-reactive ketones (excluding diaryl/α,β-unsaturated/α-hetero) is 1. The van der Waals surface area contributed by atoms with Crippen molar-refractivity contribution in [2.45, 2.75) is 23.0 Å². The van der Waals surface area contributed by atoms with Crippen LogP contribution in [0.5, 0.6) is 0 Å². The van der Waals surface area contributed by atoms with Crippen LogP contribution in [-0.2, 0) is 0 Å². The van der Waals surface area contributed by atoms with Crippen LogP contribution in [-0.4, -0.2) is 24.6 Å². The third kappa shape index (κ3) is 3.00. The normalized spacial score (nSPS) is 15.1. The molecule has 1 fully saturated rings. The van der Waals surface area contributed by atoms with Gasteiger partial charge in [-0.2, -0.15) is 0 Å². The Labute approximate surface area is 105 Å². The average Bonchev–Trinajstić information content (AvgIpc) is 3.05. The Morgan fingerprint density at radius 2 is 2.31 bits per heavy atom. The van der Waals surface area contributed by atoms with E-state index in [1.54, 1.807) is 13.1 Å². The molecule has 0 radical (unpaired) electrons. The second-order valence-corrected chi connectivity index (χ2v) is 5.67. The molecule has 4 heteroatoms. The fourth-order valence-electron chi connectivity index (χ4n) is 1.40. The molecule has 1 aromatic rings.